The van der Waals surface area contributed by atoms with Gasteiger partial charge in [0.15, 0.2) is 0 Å². The van der Waals surface area contributed by atoms with Crippen molar-refractivity contribution in [2.45, 2.75) is 39.5 Å². The Kier molecular flexibility index (Phi) is 4.60. The van der Waals surface area contributed by atoms with Crippen molar-refractivity contribution in [1.29, 1.82) is 0 Å². The largest absolute Gasteiger partial charge is 0.326 e. The SMILES string of the molecule is CC1CC1C(=O)Nc1ccc(C(=O)Nc2nnc(C(C)(C)C)s2)cc1. The Labute approximate surface area is 151 Å². The maximum absolute atomic E-state index is 12.3. The molecule has 0 saturated heterocycles. The summed E-state index contributed by atoms with van der Waals surface area (Å²) in [6, 6.07) is 6.85. The summed E-state index contributed by atoms with van der Waals surface area (Å²) in [5.74, 6) is 0.394. The molecule has 1 heterocycles. The van der Waals surface area contributed by atoms with Gasteiger partial charge in [-0.25, -0.2) is 0 Å². The molecule has 0 bridgehead atoms. The highest BCUT2D eigenvalue weighted by atomic mass is 32.1. The molecular weight excluding hydrogens is 336 g/mol. The zero-order valence-corrected chi connectivity index (χ0v) is 15.6. The minimum Gasteiger partial charge on any atom is -0.326 e. The highest BCUT2D eigenvalue weighted by Gasteiger charge is 2.39. The monoisotopic (exact) mass is 358 g/mol. The predicted octanol–water partition coefficient (Wildman–Crippen LogP) is 3.68. The first-order valence-electron chi connectivity index (χ1n) is 8.30. The third kappa shape index (κ3) is 4.22. The maximum Gasteiger partial charge on any atom is 0.257 e. The van der Waals surface area contributed by atoms with Crippen LogP contribution in [0.4, 0.5) is 10.8 Å². The van der Waals surface area contributed by atoms with E-state index in [2.05, 4.69) is 48.5 Å². The summed E-state index contributed by atoms with van der Waals surface area (Å²) in [7, 11) is 0. The molecule has 1 aliphatic carbocycles. The summed E-state index contributed by atoms with van der Waals surface area (Å²) in [4.78, 5) is 24.2. The lowest BCUT2D eigenvalue weighted by Crippen LogP contribution is -2.15. The van der Waals surface area contributed by atoms with Gasteiger partial charge < -0.3 is 5.32 Å². The zero-order valence-electron chi connectivity index (χ0n) is 14.8. The molecule has 2 unspecified atom stereocenters. The second kappa shape index (κ2) is 6.55. The van der Waals surface area contributed by atoms with Gasteiger partial charge in [-0.05, 0) is 36.6 Å². The zero-order chi connectivity index (χ0) is 18.2. The van der Waals surface area contributed by atoms with E-state index in [1.54, 1.807) is 24.3 Å². The molecule has 0 spiro atoms. The van der Waals surface area contributed by atoms with Crippen molar-refractivity contribution in [2.24, 2.45) is 11.8 Å². The number of benzene rings is 1. The fourth-order valence-electron chi connectivity index (χ4n) is 2.37. The van der Waals surface area contributed by atoms with Gasteiger partial charge >= 0.3 is 0 Å². The first-order chi connectivity index (χ1) is 11.7. The third-order valence-electron chi connectivity index (χ3n) is 4.15. The molecule has 1 fully saturated rings. The van der Waals surface area contributed by atoms with Gasteiger partial charge in [0.2, 0.25) is 11.0 Å². The molecule has 3 rings (SSSR count). The van der Waals surface area contributed by atoms with Gasteiger partial charge in [-0.2, -0.15) is 0 Å². The van der Waals surface area contributed by atoms with Crippen LogP contribution in [0.1, 0.15) is 49.5 Å². The van der Waals surface area contributed by atoms with Crippen LogP contribution in [-0.2, 0) is 10.2 Å². The van der Waals surface area contributed by atoms with E-state index < -0.39 is 0 Å². The van der Waals surface area contributed by atoms with Crippen LogP contribution in [0.3, 0.4) is 0 Å². The third-order valence-corrected chi connectivity index (χ3v) is 5.41. The van der Waals surface area contributed by atoms with Crippen molar-refractivity contribution in [3.05, 3.63) is 34.8 Å². The summed E-state index contributed by atoms with van der Waals surface area (Å²) in [6.07, 6.45) is 0.949. The molecule has 1 aromatic heterocycles. The van der Waals surface area contributed by atoms with E-state index in [1.807, 2.05) is 0 Å². The number of aromatic nitrogens is 2. The van der Waals surface area contributed by atoms with Gasteiger partial charge in [-0.1, -0.05) is 39.0 Å². The van der Waals surface area contributed by atoms with Crippen LogP contribution < -0.4 is 10.6 Å². The minimum absolute atomic E-state index is 0.0493. The molecule has 2 N–H and O–H groups in total. The van der Waals surface area contributed by atoms with Crippen LogP contribution in [0.5, 0.6) is 0 Å². The van der Waals surface area contributed by atoms with Gasteiger partial charge in [0.1, 0.15) is 5.01 Å². The second-order valence-corrected chi connectivity index (χ2v) is 8.48. The summed E-state index contributed by atoms with van der Waals surface area (Å²) < 4.78 is 0. The van der Waals surface area contributed by atoms with E-state index in [1.165, 1.54) is 11.3 Å². The lowest BCUT2D eigenvalue weighted by Gasteiger charge is -2.12. The van der Waals surface area contributed by atoms with Crippen molar-refractivity contribution in [3.63, 3.8) is 0 Å². The van der Waals surface area contributed by atoms with Gasteiger partial charge in [0, 0.05) is 22.6 Å². The summed E-state index contributed by atoms with van der Waals surface area (Å²) in [5, 5.41) is 15.1. The second-order valence-electron chi connectivity index (χ2n) is 7.50. The molecule has 132 valence electrons. The summed E-state index contributed by atoms with van der Waals surface area (Å²) in [6.45, 7) is 8.22. The van der Waals surface area contributed by atoms with Gasteiger partial charge in [-0.3, -0.25) is 14.9 Å². The number of rotatable bonds is 4. The van der Waals surface area contributed by atoms with Crippen molar-refractivity contribution in [3.8, 4) is 0 Å². The van der Waals surface area contributed by atoms with Crippen LogP contribution in [0.25, 0.3) is 0 Å². The first kappa shape index (κ1) is 17.5. The Morgan fingerprint density at radius 3 is 2.28 bits per heavy atom. The van der Waals surface area contributed by atoms with Gasteiger partial charge in [0.05, 0.1) is 0 Å². The van der Waals surface area contributed by atoms with E-state index >= 15 is 0 Å². The Morgan fingerprint density at radius 1 is 1.12 bits per heavy atom. The molecule has 25 heavy (non-hydrogen) atoms. The average Bonchev–Trinajstić information content (AvgIpc) is 3.08. The molecule has 0 aliphatic heterocycles. The van der Waals surface area contributed by atoms with Crippen LogP contribution in [0.2, 0.25) is 0 Å². The summed E-state index contributed by atoms with van der Waals surface area (Å²) >= 11 is 1.37. The topological polar surface area (TPSA) is 84.0 Å². The fraction of sp³-hybridized carbons (Fsp3) is 0.444. The average molecular weight is 358 g/mol. The van der Waals surface area contributed by atoms with E-state index in [4.69, 9.17) is 0 Å². The lowest BCUT2D eigenvalue weighted by molar-refractivity contribution is -0.117. The predicted molar refractivity (Wildman–Crippen MR) is 98.9 cm³/mol. The number of amides is 2. The van der Waals surface area contributed by atoms with E-state index in [9.17, 15) is 9.59 Å². The molecule has 1 aliphatic rings. The molecule has 0 radical (unpaired) electrons. The molecule has 2 amide bonds. The number of nitrogens with one attached hydrogen (secondary N) is 2. The highest BCUT2D eigenvalue weighted by molar-refractivity contribution is 7.15. The number of hydrogen-bond donors (Lipinski definition) is 2. The van der Waals surface area contributed by atoms with E-state index in [0.717, 1.165) is 11.4 Å². The molecule has 6 nitrogen and oxygen atoms in total. The molecule has 2 atom stereocenters. The number of carbonyl (C=O) groups is 2. The summed E-state index contributed by atoms with van der Waals surface area (Å²) in [5.41, 5.74) is 1.11. The Balaban J connectivity index is 1.60. The van der Waals surface area contributed by atoms with Crippen molar-refractivity contribution in [2.75, 3.05) is 10.6 Å². The number of carbonyl (C=O) groups excluding carboxylic acids is 2. The molecule has 1 saturated carbocycles. The normalized spacial score (nSPS) is 19.4. The van der Waals surface area contributed by atoms with Crippen molar-refractivity contribution in [1.82, 2.24) is 10.2 Å². The quantitative estimate of drug-likeness (QED) is 0.873. The van der Waals surface area contributed by atoms with Gasteiger partial charge in [-0.15, -0.1) is 10.2 Å². The molecule has 1 aromatic carbocycles. The Morgan fingerprint density at radius 2 is 1.76 bits per heavy atom. The highest BCUT2D eigenvalue weighted by Crippen LogP contribution is 2.38. The number of hydrogen-bond acceptors (Lipinski definition) is 5. The first-order valence-corrected chi connectivity index (χ1v) is 9.12. The maximum atomic E-state index is 12.3. The van der Waals surface area contributed by atoms with Gasteiger partial charge in [0.25, 0.3) is 5.91 Å². The van der Waals surface area contributed by atoms with Crippen LogP contribution in [-0.4, -0.2) is 22.0 Å². The Hall–Kier alpha value is -2.28. The molecule has 2 aromatic rings. The van der Waals surface area contributed by atoms with Crippen LogP contribution >= 0.6 is 11.3 Å². The smallest absolute Gasteiger partial charge is 0.257 e. The van der Waals surface area contributed by atoms with Crippen LogP contribution in [0, 0.1) is 11.8 Å². The molecule has 7 heteroatoms. The standard InChI is InChI=1S/C18H22N4O2S/c1-10-9-13(10)15(24)19-12-7-5-11(6-8-12)14(23)20-17-22-21-16(25-17)18(2,3)4/h5-8,10,13H,9H2,1-4H3,(H,19,24)(H,20,22,23). The van der Waals surface area contributed by atoms with Crippen LogP contribution in [0.15, 0.2) is 24.3 Å². The number of nitrogens with zero attached hydrogens (tertiary/aromatic N) is 2. The number of anilines is 2. The lowest BCUT2D eigenvalue weighted by atomic mass is 9.98. The van der Waals surface area contributed by atoms with E-state index in [-0.39, 0.29) is 23.1 Å². The molecular formula is C18H22N4O2S. The minimum atomic E-state index is -0.245. The van der Waals surface area contributed by atoms with Crippen molar-refractivity contribution < 1.29 is 9.59 Å². The fourth-order valence-corrected chi connectivity index (χ4v) is 3.17. The Bertz CT molecular complexity index is 792. The van der Waals surface area contributed by atoms with Crippen molar-refractivity contribution >= 4 is 34.0 Å². The van der Waals surface area contributed by atoms with E-state index in [0.29, 0.717) is 22.3 Å².